The van der Waals surface area contributed by atoms with E-state index in [1.54, 1.807) is 16.6 Å². The Morgan fingerprint density at radius 3 is 2.49 bits per heavy atom. The van der Waals surface area contributed by atoms with Crippen LogP contribution >= 0.6 is 0 Å². The Labute approximate surface area is 200 Å². The molecule has 182 valence electrons. The lowest BCUT2D eigenvalue weighted by molar-refractivity contribution is -0.141. The molecule has 1 unspecified atom stereocenters. The number of hydrogen-bond donors (Lipinski definition) is 0. The van der Waals surface area contributed by atoms with Crippen LogP contribution in [0.1, 0.15) is 51.5 Å². The first-order chi connectivity index (χ1) is 16.5. The van der Waals surface area contributed by atoms with E-state index in [1.807, 2.05) is 45.0 Å². The van der Waals surface area contributed by atoms with E-state index in [9.17, 15) is 18.0 Å². The number of rotatable bonds is 2. The number of aryl methyl sites for hydroxylation is 4. The van der Waals surface area contributed by atoms with Crippen molar-refractivity contribution >= 4 is 16.8 Å². The van der Waals surface area contributed by atoms with Crippen LogP contribution in [-0.4, -0.2) is 41.9 Å². The number of aromatic nitrogens is 5. The van der Waals surface area contributed by atoms with Crippen LogP contribution in [0.5, 0.6) is 0 Å². The van der Waals surface area contributed by atoms with E-state index in [2.05, 4.69) is 15.2 Å². The quantitative estimate of drug-likeness (QED) is 0.413. The molecule has 1 amide bonds. The maximum absolute atomic E-state index is 13.6. The molecule has 0 spiro atoms. The normalized spacial score (nSPS) is 16.1. The van der Waals surface area contributed by atoms with Crippen molar-refractivity contribution in [3.05, 3.63) is 64.1 Å². The smallest absolute Gasteiger partial charge is 0.330 e. The number of nitrogens with zero attached hydrogens (tertiary/aromatic N) is 6. The molecule has 1 aliphatic heterocycles. The standard InChI is InChI=1S/C25H25F3N6O/c1-13-6-7-16-14(2)17(8-9-19(16)29-13)24(35)34-11-10-18-22(15(34)3)31-33(5)23(18)20-12-21(25(26,27)28)30-32(20)4/h6-9,12,15H,10-11H2,1-5H3. The SMILES string of the molecule is Cc1ccc2c(C)c(C(=O)N3CCc4c(nn(C)c4-c4cc(C(F)(F)F)nn4C)C3C)ccc2n1. The van der Waals surface area contributed by atoms with E-state index in [-0.39, 0.29) is 11.9 Å². The third-order valence-corrected chi connectivity index (χ3v) is 6.83. The molecule has 0 N–H and O–H groups in total. The second kappa shape index (κ2) is 7.93. The Bertz CT molecular complexity index is 1480. The van der Waals surface area contributed by atoms with Crippen LogP contribution in [0.4, 0.5) is 13.2 Å². The zero-order valence-corrected chi connectivity index (χ0v) is 20.1. The highest BCUT2D eigenvalue weighted by Crippen LogP contribution is 2.38. The topological polar surface area (TPSA) is 68.8 Å². The van der Waals surface area contributed by atoms with Crippen LogP contribution in [0.15, 0.2) is 30.3 Å². The minimum atomic E-state index is -4.53. The molecular formula is C25H25F3N6O. The zero-order chi connectivity index (χ0) is 25.2. The van der Waals surface area contributed by atoms with Crippen LogP contribution in [0, 0.1) is 13.8 Å². The van der Waals surface area contributed by atoms with Gasteiger partial charge < -0.3 is 4.90 Å². The molecule has 0 bridgehead atoms. The molecule has 0 radical (unpaired) electrons. The zero-order valence-electron chi connectivity index (χ0n) is 20.1. The van der Waals surface area contributed by atoms with E-state index in [1.165, 1.54) is 11.7 Å². The predicted octanol–water partition coefficient (Wildman–Crippen LogP) is 4.76. The predicted molar refractivity (Wildman–Crippen MR) is 125 cm³/mol. The van der Waals surface area contributed by atoms with Gasteiger partial charge in [-0.3, -0.25) is 19.1 Å². The maximum Gasteiger partial charge on any atom is 0.435 e. The Kier molecular flexibility index (Phi) is 5.23. The molecular weight excluding hydrogens is 457 g/mol. The van der Waals surface area contributed by atoms with Crippen LogP contribution in [0.3, 0.4) is 0 Å². The summed E-state index contributed by atoms with van der Waals surface area (Å²) in [5, 5.41) is 9.20. The summed E-state index contributed by atoms with van der Waals surface area (Å²) in [5.74, 6) is -0.102. The first kappa shape index (κ1) is 23.1. The highest BCUT2D eigenvalue weighted by molar-refractivity contribution is 6.01. The number of amides is 1. The lowest BCUT2D eigenvalue weighted by Gasteiger charge is -2.33. The van der Waals surface area contributed by atoms with Gasteiger partial charge in [0, 0.05) is 42.8 Å². The molecule has 4 aromatic rings. The van der Waals surface area contributed by atoms with E-state index in [0.717, 1.165) is 33.8 Å². The van der Waals surface area contributed by atoms with Gasteiger partial charge in [0.05, 0.1) is 28.6 Å². The fourth-order valence-corrected chi connectivity index (χ4v) is 5.01. The fraction of sp³-hybridized carbons (Fsp3) is 0.360. The summed E-state index contributed by atoms with van der Waals surface area (Å²) in [7, 11) is 3.19. The average molecular weight is 483 g/mol. The second-order valence-electron chi connectivity index (χ2n) is 9.05. The molecule has 0 saturated heterocycles. The summed E-state index contributed by atoms with van der Waals surface area (Å²) in [5.41, 5.74) is 4.75. The molecule has 35 heavy (non-hydrogen) atoms. The number of hydrogen-bond acceptors (Lipinski definition) is 4. The summed E-state index contributed by atoms with van der Waals surface area (Å²) in [6, 6.07) is 8.29. The lowest BCUT2D eigenvalue weighted by atomic mass is 9.95. The van der Waals surface area contributed by atoms with E-state index < -0.39 is 11.9 Å². The molecule has 1 aliphatic rings. The largest absolute Gasteiger partial charge is 0.435 e. The first-order valence-electron chi connectivity index (χ1n) is 11.3. The first-order valence-corrected chi connectivity index (χ1v) is 11.3. The van der Waals surface area contributed by atoms with Crippen LogP contribution in [0.25, 0.3) is 22.3 Å². The summed E-state index contributed by atoms with van der Waals surface area (Å²) in [6.07, 6.45) is -4.05. The van der Waals surface area contributed by atoms with Gasteiger partial charge >= 0.3 is 6.18 Å². The molecule has 10 heteroatoms. The Morgan fingerprint density at radius 1 is 1.06 bits per heavy atom. The molecule has 1 atom stereocenters. The second-order valence-corrected chi connectivity index (χ2v) is 9.05. The monoisotopic (exact) mass is 482 g/mol. The summed E-state index contributed by atoms with van der Waals surface area (Å²) in [4.78, 5) is 19.9. The third-order valence-electron chi connectivity index (χ3n) is 6.83. The van der Waals surface area contributed by atoms with Crippen LogP contribution in [-0.2, 0) is 26.7 Å². The minimum Gasteiger partial charge on any atom is -0.330 e. The molecule has 0 saturated carbocycles. The molecule has 7 nitrogen and oxygen atoms in total. The lowest BCUT2D eigenvalue weighted by Crippen LogP contribution is -2.39. The number of benzene rings is 1. The highest BCUT2D eigenvalue weighted by Gasteiger charge is 2.37. The highest BCUT2D eigenvalue weighted by atomic mass is 19.4. The third kappa shape index (κ3) is 3.67. The molecule has 0 aliphatic carbocycles. The van der Waals surface area contributed by atoms with Crippen molar-refractivity contribution in [3.63, 3.8) is 0 Å². The molecule has 1 aromatic carbocycles. The van der Waals surface area contributed by atoms with Crippen molar-refractivity contribution in [2.75, 3.05) is 6.54 Å². The summed E-state index contributed by atoms with van der Waals surface area (Å²) >= 11 is 0. The molecule has 4 heterocycles. The molecule has 3 aromatic heterocycles. The number of carbonyl (C=O) groups excluding carboxylic acids is 1. The van der Waals surface area contributed by atoms with Crippen LogP contribution in [0.2, 0.25) is 0 Å². The Hall–Kier alpha value is -3.69. The van der Waals surface area contributed by atoms with Gasteiger partial charge in [-0.15, -0.1) is 0 Å². The van der Waals surface area contributed by atoms with Crippen molar-refractivity contribution < 1.29 is 18.0 Å². The Morgan fingerprint density at radius 2 is 1.80 bits per heavy atom. The van der Waals surface area contributed by atoms with Gasteiger partial charge in [0.25, 0.3) is 5.91 Å². The van der Waals surface area contributed by atoms with E-state index in [0.29, 0.717) is 35.6 Å². The van der Waals surface area contributed by atoms with Crippen molar-refractivity contribution in [2.45, 2.75) is 39.4 Å². The molecule has 0 fully saturated rings. The Balaban J connectivity index is 1.51. The fourth-order valence-electron chi connectivity index (χ4n) is 5.01. The minimum absolute atomic E-state index is 0.102. The van der Waals surface area contributed by atoms with Gasteiger partial charge in [0.15, 0.2) is 5.69 Å². The average Bonchev–Trinajstić information content (AvgIpc) is 3.33. The van der Waals surface area contributed by atoms with E-state index in [4.69, 9.17) is 0 Å². The van der Waals surface area contributed by atoms with Crippen molar-refractivity contribution in [2.24, 2.45) is 14.1 Å². The van der Waals surface area contributed by atoms with Crippen LogP contribution < -0.4 is 0 Å². The van der Waals surface area contributed by atoms with Gasteiger partial charge in [-0.05, 0) is 57.0 Å². The van der Waals surface area contributed by atoms with Gasteiger partial charge in [0.2, 0.25) is 0 Å². The number of carbonyl (C=O) groups is 1. The number of fused-ring (bicyclic) bond motifs is 2. The summed E-state index contributed by atoms with van der Waals surface area (Å²) in [6.45, 7) is 6.18. The number of alkyl halides is 3. The van der Waals surface area contributed by atoms with Gasteiger partial charge in [-0.25, -0.2) is 0 Å². The molecule has 5 rings (SSSR count). The van der Waals surface area contributed by atoms with Crippen molar-refractivity contribution in [1.82, 2.24) is 29.4 Å². The summed E-state index contributed by atoms with van der Waals surface area (Å²) < 4.78 is 42.5. The van der Waals surface area contributed by atoms with Crippen molar-refractivity contribution in [1.29, 1.82) is 0 Å². The van der Waals surface area contributed by atoms with Crippen molar-refractivity contribution in [3.8, 4) is 11.4 Å². The number of halogens is 3. The van der Waals surface area contributed by atoms with Gasteiger partial charge in [0.1, 0.15) is 0 Å². The number of pyridine rings is 1. The maximum atomic E-state index is 13.6. The van der Waals surface area contributed by atoms with Gasteiger partial charge in [-0.2, -0.15) is 23.4 Å². The van der Waals surface area contributed by atoms with E-state index >= 15 is 0 Å². The van der Waals surface area contributed by atoms with Gasteiger partial charge in [-0.1, -0.05) is 6.07 Å².